The molecule has 154 valence electrons. The van der Waals surface area contributed by atoms with Crippen LogP contribution < -0.4 is 5.32 Å². The average Bonchev–Trinajstić information content (AvgIpc) is 2.73. The molecule has 2 saturated heterocycles. The van der Waals surface area contributed by atoms with Crippen LogP contribution in [-0.4, -0.2) is 59.5 Å². The summed E-state index contributed by atoms with van der Waals surface area (Å²) in [5.41, 5.74) is 1.06. The van der Waals surface area contributed by atoms with Crippen LogP contribution in [0.2, 0.25) is 0 Å². The van der Waals surface area contributed by atoms with Crippen LogP contribution in [0.15, 0.2) is 36.7 Å². The number of allylic oxidation sites excluding steroid dienone is 1. The number of hydrogen-bond acceptors (Lipinski definition) is 4. The van der Waals surface area contributed by atoms with E-state index in [9.17, 15) is 4.79 Å². The molecule has 1 amide bonds. The summed E-state index contributed by atoms with van der Waals surface area (Å²) in [6.45, 7) is 10.5. The summed E-state index contributed by atoms with van der Waals surface area (Å²) in [5, 5.41) is 3.11. The molecule has 0 saturated carbocycles. The molecular weight excluding hydrogens is 348 g/mol. The van der Waals surface area contributed by atoms with Crippen LogP contribution in [0, 0.1) is 11.8 Å². The summed E-state index contributed by atoms with van der Waals surface area (Å²) in [5.74, 6) is 0.953. The van der Waals surface area contributed by atoms with Crippen molar-refractivity contribution in [3.8, 4) is 0 Å². The standard InChI is InChI=1S/C23H36N4O/c1-19(2)6-4-12-26-14-9-22(10-15-26)27-13-5-8-21(18-27)23(28)25-17-20-7-3-11-24-16-20/h3-4,6-7,11,16,19,21-22H,5,8-10,12-15,17-18H2,1-2H3,(H,25,28)/b6-4+/t21-/m0/s1. The third-order valence-electron chi connectivity index (χ3n) is 5.97. The van der Waals surface area contributed by atoms with Gasteiger partial charge in [0, 0.05) is 38.1 Å². The maximum atomic E-state index is 12.7. The molecule has 1 aromatic rings. The van der Waals surface area contributed by atoms with Crippen molar-refractivity contribution in [1.29, 1.82) is 0 Å². The molecule has 5 nitrogen and oxygen atoms in total. The minimum atomic E-state index is 0.123. The van der Waals surface area contributed by atoms with Gasteiger partial charge in [0.2, 0.25) is 5.91 Å². The van der Waals surface area contributed by atoms with Gasteiger partial charge < -0.3 is 5.32 Å². The van der Waals surface area contributed by atoms with E-state index in [2.05, 4.69) is 46.1 Å². The third-order valence-corrected chi connectivity index (χ3v) is 5.97. The van der Waals surface area contributed by atoms with E-state index in [0.29, 0.717) is 18.5 Å². The van der Waals surface area contributed by atoms with Crippen LogP contribution in [-0.2, 0) is 11.3 Å². The Bertz CT molecular complexity index is 623. The van der Waals surface area contributed by atoms with Gasteiger partial charge in [-0.05, 0) is 62.9 Å². The lowest BCUT2D eigenvalue weighted by molar-refractivity contribution is -0.127. The topological polar surface area (TPSA) is 48.5 Å². The number of carbonyl (C=O) groups is 1. The summed E-state index contributed by atoms with van der Waals surface area (Å²) in [6, 6.07) is 4.55. The average molecular weight is 385 g/mol. The minimum Gasteiger partial charge on any atom is -0.352 e. The van der Waals surface area contributed by atoms with Gasteiger partial charge in [-0.1, -0.05) is 32.1 Å². The molecule has 2 aliphatic rings. The fourth-order valence-corrected chi connectivity index (χ4v) is 4.34. The SMILES string of the molecule is CC(C)/C=C/CN1CCC(N2CCC[C@H](C(=O)NCc3cccnc3)C2)CC1. The van der Waals surface area contributed by atoms with E-state index in [4.69, 9.17) is 0 Å². The Balaban J connectivity index is 1.41. The number of likely N-dealkylation sites (tertiary alicyclic amines) is 2. The van der Waals surface area contributed by atoms with Gasteiger partial charge in [-0.2, -0.15) is 0 Å². The molecule has 0 aromatic carbocycles. The summed E-state index contributed by atoms with van der Waals surface area (Å²) in [4.78, 5) is 21.9. The molecule has 2 fully saturated rings. The van der Waals surface area contributed by atoms with Gasteiger partial charge in [-0.3, -0.25) is 19.6 Å². The normalized spacial score (nSPS) is 22.8. The number of hydrogen-bond donors (Lipinski definition) is 1. The molecule has 1 atom stereocenters. The lowest BCUT2D eigenvalue weighted by atomic mass is 9.93. The van der Waals surface area contributed by atoms with Gasteiger partial charge in [0.25, 0.3) is 0 Å². The Morgan fingerprint density at radius 3 is 2.82 bits per heavy atom. The number of nitrogens with zero attached hydrogens (tertiary/aromatic N) is 3. The zero-order chi connectivity index (χ0) is 19.8. The number of rotatable bonds is 7. The van der Waals surface area contributed by atoms with E-state index < -0.39 is 0 Å². The lowest BCUT2D eigenvalue weighted by Crippen LogP contribution is -2.50. The monoisotopic (exact) mass is 384 g/mol. The Morgan fingerprint density at radius 2 is 2.11 bits per heavy atom. The van der Waals surface area contributed by atoms with Gasteiger partial charge >= 0.3 is 0 Å². The number of pyridine rings is 1. The smallest absolute Gasteiger partial charge is 0.224 e. The summed E-state index contributed by atoms with van der Waals surface area (Å²) in [7, 11) is 0. The van der Waals surface area contributed by atoms with Gasteiger partial charge in [0.05, 0.1) is 5.92 Å². The van der Waals surface area contributed by atoms with Crippen molar-refractivity contribution in [2.75, 3.05) is 32.7 Å². The van der Waals surface area contributed by atoms with Gasteiger partial charge in [0.1, 0.15) is 0 Å². The molecule has 0 aliphatic carbocycles. The molecule has 5 heteroatoms. The van der Waals surface area contributed by atoms with E-state index in [0.717, 1.165) is 38.0 Å². The molecule has 3 heterocycles. The molecule has 2 aliphatic heterocycles. The maximum Gasteiger partial charge on any atom is 0.224 e. The first-order valence-corrected chi connectivity index (χ1v) is 10.9. The molecule has 3 rings (SSSR count). The Kier molecular flexibility index (Phi) is 8.04. The molecular formula is C23H36N4O. The summed E-state index contributed by atoms with van der Waals surface area (Å²) < 4.78 is 0. The van der Waals surface area contributed by atoms with Crippen molar-refractivity contribution in [2.24, 2.45) is 11.8 Å². The number of piperidine rings is 2. The summed E-state index contributed by atoms with van der Waals surface area (Å²) in [6.07, 6.45) is 12.8. The van der Waals surface area contributed by atoms with E-state index in [1.165, 1.54) is 25.9 Å². The second kappa shape index (κ2) is 10.7. The molecule has 0 unspecified atom stereocenters. The Morgan fingerprint density at radius 1 is 1.29 bits per heavy atom. The largest absolute Gasteiger partial charge is 0.352 e. The van der Waals surface area contributed by atoms with E-state index in [1.807, 2.05) is 18.3 Å². The zero-order valence-corrected chi connectivity index (χ0v) is 17.5. The van der Waals surface area contributed by atoms with Crippen LogP contribution in [0.25, 0.3) is 0 Å². The Labute approximate surface area is 170 Å². The van der Waals surface area contributed by atoms with Crippen molar-refractivity contribution in [3.63, 3.8) is 0 Å². The van der Waals surface area contributed by atoms with Crippen molar-refractivity contribution in [3.05, 3.63) is 42.2 Å². The Hall–Kier alpha value is -1.72. The molecule has 0 spiro atoms. The maximum absolute atomic E-state index is 12.7. The number of carbonyl (C=O) groups excluding carboxylic acids is 1. The van der Waals surface area contributed by atoms with Crippen molar-refractivity contribution in [1.82, 2.24) is 20.1 Å². The highest BCUT2D eigenvalue weighted by Gasteiger charge is 2.31. The van der Waals surface area contributed by atoms with Gasteiger partial charge in [0.15, 0.2) is 0 Å². The van der Waals surface area contributed by atoms with Crippen LogP contribution in [0.1, 0.15) is 45.1 Å². The van der Waals surface area contributed by atoms with Crippen molar-refractivity contribution in [2.45, 2.75) is 52.1 Å². The molecule has 1 aromatic heterocycles. The summed E-state index contributed by atoms with van der Waals surface area (Å²) >= 11 is 0. The van der Waals surface area contributed by atoms with Crippen LogP contribution in [0.4, 0.5) is 0 Å². The first kappa shape index (κ1) is 21.0. The molecule has 1 N–H and O–H groups in total. The van der Waals surface area contributed by atoms with Crippen molar-refractivity contribution >= 4 is 5.91 Å². The number of amides is 1. The van der Waals surface area contributed by atoms with Crippen LogP contribution in [0.3, 0.4) is 0 Å². The first-order valence-electron chi connectivity index (χ1n) is 10.9. The first-order chi connectivity index (χ1) is 13.6. The zero-order valence-electron chi connectivity index (χ0n) is 17.5. The van der Waals surface area contributed by atoms with E-state index in [1.54, 1.807) is 6.20 Å². The fourth-order valence-electron chi connectivity index (χ4n) is 4.34. The van der Waals surface area contributed by atoms with Gasteiger partial charge in [-0.25, -0.2) is 0 Å². The second-order valence-electron chi connectivity index (χ2n) is 8.62. The molecule has 0 bridgehead atoms. The van der Waals surface area contributed by atoms with Gasteiger partial charge in [-0.15, -0.1) is 0 Å². The molecule has 28 heavy (non-hydrogen) atoms. The number of nitrogens with one attached hydrogen (secondary N) is 1. The van der Waals surface area contributed by atoms with Crippen LogP contribution >= 0.6 is 0 Å². The van der Waals surface area contributed by atoms with E-state index >= 15 is 0 Å². The highest BCUT2D eigenvalue weighted by molar-refractivity contribution is 5.78. The fraction of sp³-hybridized carbons (Fsp3) is 0.652. The predicted molar refractivity (Wildman–Crippen MR) is 114 cm³/mol. The van der Waals surface area contributed by atoms with E-state index in [-0.39, 0.29) is 11.8 Å². The van der Waals surface area contributed by atoms with Crippen LogP contribution in [0.5, 0.6) is 0 Å². The number of aromatic nitrogens is 1. The highest BCUT2D eigenvalue weighted by atomic mass is 16.1. The quantitative estimate of drug-likeness (QED) is 0.734. The highest BCUT2D eigenvalue weighted by Crippen LogP contribution is 2.24. The predicted octanol–water partition coefficient (Wildman–Crippen LogP) is 3.09. The lowest BCUT2D eigenvalue weighted by Gasteiger charge is -2.41. The second-order valence-corrected chi connectivity index (χ2v) is 8.62. The molecule has 0 radical (unpaired) electrons. The third kappa shape index (κ3) is 6.42. The van der Waals surface area contributed by atoms with Crippen molar-refractivity contribution < 1.29 is 4.79 Å². The minimum absolute atomic E-state index is 0.123.